The Morgan fingerprint density at radius 3 is 3.08 bits per heavy atom. The molecule has 0 saturated heterocycles. The molecule has 0 aliphatic rings. The van der Waals surface area contributed by atoms with Crippen molar-refractivity contribution < 1.29 is 13.9 Å². The molecule has 126 valence electrons. The van der Waals surface area contributed by atoms with Gasteiger partial charge in [0, 0.05) is 17.1 Å². The van der Waals surface area contributed by atoms with Crippen molar-refractivity contribution in [3.8, 4) is 17.0 Å². The molecule has 1 amide bonds. The molecule has 1 N–H and O–H groups in total. The van der Waals surface area contributed by atoms with E-state index in [0.717, 1.165) is 22.0 Å². The number of imidazole rings is 1. The van der Waals surface area contributed by atoms with Gasteiger partial charge in [0.2, 0.25) is 0 Å². The van der Waals surface area contributed by atoms with Crippen LogP contribution in [0.1, 0.15) is 16.2 Å². The Hall–Kier alpha value is -3.06. The van der Waals surface area contributed by atoms with Crippen LogP contribution in [0, 0.1) is 0 Å². The highest BCUT2D eigenvalue weighted by atomic mass is 32.1. The molecule has 0 unspecified atom stereocenters. The van der Waals surface area contributed by atoms with Gasteiger partial charge in [-0.3, -0.25) is 9.20 Å². The first-order chi connectivity index (χ1) is 12.2. The number of nitrogens with zero attached hydrogens (tertiary/aromatic N) is 2. The van der Waals surface area contributed by atoms with Crippen molar-refractivity contribution in [3.63, 3.8) is 0 Å². The second kappa shape index (κ2) is 6.45. The summed E-state index contributed by atoms with van der Waals surface area (Å²) < 4.78 is 12.3. The number of furan rings is 1. The summed E-state index contributed by atoms with van der Waals surface area (Å²) in [6.07, 6.45) is 3.45. The fourth-order valence-electron chi connectivity index (χ4n) is 2.54. The standard InChI is InChI=1S/C18H15N3O3S/c1-23-13-5-2-4-12(8-13)15-10-21-16(11-25-18(21)20-15)17(22)19-9-14-6-3-7-24-14/h2-8,10-11H,9H2,1H3,(H,19,22). The number of amides is 1. The van der Waals surface area contributed by atoms with Crippen LogP contribution >= 0.6 is 11.3 Å². The highest BCUT2D eigenvalue weighted by Gasteiger charge is 2.15. The molecule has 25 heavy (non-hydrogen) atoms. The van der Waals surface area contributed by atoms with E-state index in [9.17, 15) is 4.79 Å². The molecule has 0 aliphatic carbocycles. The minimum atomic E-state index is -0.169. The van der Waals surface area contributed by atoms with Crippen LogP contribution in [0.2, 0.25) is 0 Å². The van der Waals surface area contributed by atoms with Gasteiger partial charge in [0.25, 0.3) is 5.91 Å². The van der Waals surface area contributed by atoms with Crippen LogP contribution in [0.15, 0.2) is 58.7 Å². The number of ether oxygens (including phenoxy) is 1. The van der Waals surface area contributed by atoms with Gasteiger partial charge in [0.05, 0.1) is 25.6 Å². The van der Waals surface area contributed by atoms with Gasteiger partial charge >= 0.3 is 0 Å². The monoisotopic (exact) mass is 353 g/mol. The maximum Gasteiger partial charge on any atom is 0.269 e. The predicted octanol–water partition coefficient (Wildman–Crippen LogP) is 3.59. The summed E-state index contributed by atoms with van der Waals surface area (Å²) in [7, 11) is 1.63. The van der Waals surface area contributed by atoms with E-state index < -0.39 is 0 Å². The van der Waals surface area contributed by atoms with Crippen LogP contribution in [0.5, 0.6) is 5.75 Å². The van der Waals surface area contributed by atoms with Crippen LogP contribution < -0.4 is 10.1 Å². The summed E-state index contributed by atoms with van der Waals surface area (Å²) in [6.45, 7) is 0.348. The zero-order chi connectivity index (χ0) is 17.2. The number of fused-ring (bicyclic) bond motifs is 1. The Bertz CT molecular complexity index is 1020. The largest absolute Gasteiger partial charge is 0.497 e. The molecule has 1 aromatic carbocycles. The molecule has 0 bridgehead atoms. The van der Waals surface area contributed by atoms with Gasteiger partial charge in [0.1, 0.15) is 17.2 Å². The molecule has 4 rings (SSSR count). The number of methoxy groups -OCH3 is 1. The first-order valence-electron chi connectivity index (χ1n) is 7.66. The lowest BCUT2D eigenvalue weighted by Gasteiger charge is -2.02. The molecule has 0 atom stereocenters. The van der Waals surface area contributed by atoms with Crippen LogP contribution in [-0.4, -0.2) is 22.4 Å². The van der Waals surface area contributed by atoms with Gasteiger partial charge in [-0.25, -0.2) is 4.98 Å². The van der Waals surface area contributed by atoms with Gasteiger partial charge in [-0.15, -0.1) is 11.3 Å². The van der Waals surface area contributed by atoms with E-state index in [1.54, 1.807) is 29.2 Å². The predicted molar refractivity (Wildman–Crippen MR) is 94.9 cm³/mol. The SMILES string of the molecule is COc1cccc(-c2cn3c(C(=O)NCc4ccco4)csc3n2)c1. The Balaban J connectivity index is 1.60. The van der Waals surface area contributed by atoms with E-state index in [2.05, 4.69) is 10.3 Å². The van der Waals surface area contributed by atoms with Crippen molar-refractivity contribution in [1.82, 2.24) is 14.7 Å². The van der Waals surface area contributed by atoms with Crippen molar-refractivity contribution in [1.29, 1.82) is 0 Å². The molecule has 0 aliphatic heterocycles. The molecule has 0 fully saturated rings. The van der Waals surface area contributed by atoms with E-state index >= 15 is 0 Å². The number of thiazole rings is 1. The fraction of sp³-hybridized carbons (Fsp3) is 0.111. The number of nitrogens with one attached hydrogen (secondary N) is 1. The van der Waals surface area contributed by atoms with E-state index in [1.807, 2.05) is 36.5 Å². The Labute approximate surface area is 147 Å². The van der Waals surface area contributed by atoms with Crippen molar-refractivity contribution in [2.24, 2.45) is 0 Å². The highest BCUT2D eigenvalue weighted by Crippen LogP contribution is 2.26. The van der Waals surface area contributed by atoms with Gasteiger partial charge in [0.15, 0.2) is 4.96 Å². The van der Waals surface area contributed by atoms with E-state index in [0.29, 0.717) is 18.0 Å². The van der Waals surface area contributed by atoms with E-state index in [1.165, 1.54) is 11.3 Å². The molecule has 6 nitrogen and oxygen atoms in total. The number of hydrogen-bond donors (Lipinski definition) is 1. The zero-order valence-electron chi connectivity index (χ0n) is 13.4. The number of carbonyl (C=O) groups is 1. The smallest absolute Gasteiger partial charge is 0.269 e. The Morgan fingerprint density at radius 1 is 1.36 bits per heavy atom. The highest BCUT2D eigenvalue weighted by molar-refractivity contribution is 7.15. The number of hydrogen-bond acceptors (Lipinski definition) is 5. The Morgan fingerprint density at radius 2 is 2.28 bits per heavy atom. The average molecular weight is 353 g/mol. The van der Waals surface area contributed by atoms with Crippen LogP contribution in [-0.2, 0) is 6.54 Å². The summed E-state index contributed by atoms with van der Waals surface area (Å²) in [6, 6.07) is 11.3. The number of carbonyl (C=O) groups excluding carboxylic acids is 1. The third-order valence-corrected chi connectivity index (χ3v) is 4.65. The lowest BCUT2D eigenvalue weighted by Crippen LogP contribution is -2.23. The van der Waals surface area contributed by atoms with Gasteiger partial charge in [-0.1, -0.05) is 12.1 Å². The molecular formula is C18H15N3O3S. The topological polar surface area (TPSA) is 68.8 Å². The second-order valence-corrected chi connectivity index (χ2v) is 6.23. The van der Waals surface area contributed by atoms with Crippen molar-refractivity contribution >= 4 is 22.2 Å². The van der Waals surface area contributed by atoms with Gasteiger partial charge in [-0.05, 0) is 24.3 Å². The summed E-state index contributed by atoms with van der Waals surface area (Å²) >= 11 is 1.43. The quantitative estimate of drug-likeness (QED) is 0.595. The molecule has 4 aromatic rings. The lowest BCUT2D eigenvalue weighted by atomic mass is 10.1. The molecule has 0 radical (unpaired) electrons. The van der Waals surface area contributed by atoms with Crippen molar-refractivity contribution in [2.75, 3.05) is 7.11 Å². The van der Waals surface area contributed by atoms with Crippen molar-refractivity contribution in [2.45, 2.75) is 6.54 Å². The normalized spacial score (nSPS) is 10.9. The van der Waals surface area contributed by atoms with E-state index in [4.69, 9.17) is 9.15 Å². The number of rotatable bonds is 5. The lowest BCUT2D eigenvalue weighted by molar-refractivity contribution is 0.0942. The fourth-order valence-corrected chi connectivity index (χ4v) is 3.39. The first kappa shape index (κ1) is 15.5. The minimum Gasteiger partial charge on any atom is -0.497 e. The third-order valence-electron chi connectivity index (χ3n) is 3.81. The molecule has 3 heterocycles. The van der Waals surface area contributed by atoms with E-state index in [-0.39, 0.29) is 5.91 Å². The minimum absolute atomic E-state index is 0.169. The van der Waals surface area contributed by atoms with Crippen molar-refractivity contribution in [3.05, 3.63) is 65.7 Å². The Kier molecular flexibility index (Phi) is 3.99. The van der Waals surface area contributed by atoms with Gasteiger partial charge in [-0.2, -0.15) is 0 Å². The molecular weight excluding hydrogens is 338 g/mol. The average Bonchev–Trinajstić information content (AvgIpc) is 3.36. The summed E-state index contributed by atoms with van der Waals surface area (Å²) in [4.78, 5) is 17.8. The summed E-state index contributed by atoms with van der Waals surface area (Å²) in [5.74, 6) is 1.31. The number of benzene rings is 1. The third kappa shape index (κ3) is 3.01. The van der Waals surface area contributed by atoms with Gasteiger partial charge < -0.3 is 14.5 Å². The van der Waals surface area contributed by atoms with Crippen LogP contribution in [0.4, 0.5) is 0 Å². The second-order valence-electron chi connectivity index (χ2n) is 5.39. The van der Waals surface area contributed by atoms with Crippen LogP contribution in [0.3, 0.4) is 0 Å². The maximum atomic E-state index is 12.4. The molecule has 3 aromatic heterocycles. The molecule has 7 heteroatoms. The molecule has 0 spiro atoms. The summed E-state index contributed by atoms with van der Waals surface area (Å²) in [5, 5.41) is 4.65. The maximum absolute atomic E-state index is 12.4. The molecule has 0 saturated carbocycles. The first-order valence-corrected chi connectivity index (χ1v) is 8.54. The van der Waals surface area contributed by atoms with Crippen LogP contribution in [0.25, 0.3) is 16.2 Å². The summed E-state index contributed by atoms with van der Waals surface area (Å²) in [5.41, 5.74) is 2.29. The zero-order valence-corrected chi connectivity index (χ0v) is 14.2. The number of aromatic nitrogens is 2.